The van der Waals surface area contributed by atoms with Gasteiger partial charge in [0.1, 0.15) is 11.5 Å². The molecule has 0 amide bonds. The van der Waals surface area contributed by atoms with Crippen molar-refractivity contribution in [2.45, 2.75) is 0 Å². The van der Waals surface area contributed by atoms with Crippen LogP contribution < -0.4 is 4.74 Å². The minimum absolute atomic E-state index is 0.280. The van der Waals surface area contributed by atoms with Gasteiger partial charge >= 0.3 is 0 Å². The van der Waals surface area contributed by atoms with Crippen molar-refractivity contribution >= 4 is 26.5 Å². The average molecular weight is 296 g/mol. The fourth-order valence-corrected chi connectivity index (χ4v) is 3.43. The number of ether oxygens (including phenoxy) is 1. The molecule has 0 atom stereocenters. The van der Waals surface area contributed by atoms with Crippen LogP contribution in [-0.4, -0.2) is 21.6 Å². The highest BCUT2D eigenvalue weighted by atomic mass is 32.1. The Kier molecular flexibility index (Phi) is 2.62. The van der Waals surface area contributed by atoms with E-state index in [9.17, 15) is 5.11 Å². The van der Waals surface area contributed by atoms with Crippen LogP contribution in [0, 0.1) is 0 Å². The van der Waals surface area contributed by atoms with Crippen molar-refractivity contribution in [1.82, 2.24) is 9.38 Å². The highest BCUT2D eigenvalue weighted by Gasteiger charge is 2.10. The predicted molar refractivity (Wildman–Crippen MR) is 84.2 cm³/mol. The number of phenols is 1. The SMILES string of the molecule is COc1ccc(-c2cn3c(n2)sc2cc(O)ccc23)cc1. The summed E-state index contributed by atoms with van der Waals surface area (Å²) in [4.78, 5) is 5.58. The van der Waals surface area contributed by atoms with Crippen molar-refractivity contribution in [2.75, 3.05) is 7.11 Å². The van der Waals surface area contributed by atoms with Gasteiger partial charge in [0, 0.05) is 11.8 Å². The fourth-order valence-electron chi connectivity index (χ4n) is 2.39. The number of hydrogen-bond acceptors (Lipinski definition) is 4. The number of imidazole rings is 1. The number of rotatable bonds is 2. The minimum Gasteiger partial charge on any atom is -0.508 e. The largest absolute Gasteiger partial charge is 0.508 e. The molecule has 0 fully saturated rings. The first-order valence-electron chi connectivity index (χ1n) is 6.49. The molecule has 0 saturated carbocycles. The van der Waals surface area contributed by atoms with Crippen LogP contribution in [0.3, 0.4) is 0 Å². The summed E-state index contributed by atoms with van der Waals surface area (Å²) in [5.41, 5.74) is 3.04. The first kappa shape index (κ1) is 12.2. The lowest BCUT2D eigenvalue weighted by atomic mass is 10.2. The second-order valence-corrected chi connectivity index (χ2v) is 5.77. The van der Waals surface area contributed by atoms with Gasteiger partial charge in [-0.15, -0.1) is 0 Å². The lowest BCUT2D eigenvalue weighted by molar-refractivity contribution is 0.415. The molecule has 0 aliphatic rings. The number of benzene rings is 2. The highest BCUT2D eigenvalue weighted by molar-refractivity contribution is 7.23. The van der Waals surface area contributed by atoms with Crippen molar-refractivity contribution in [1.29, 1.82) is 0 Å². The van der Waals surface area contributed by atoms with Gasteiger partial charge in [-0.3, -0.25) is 4.40 Å². The van der Waals surface area contributed by atoms with Crippen molar-refractivity contribution < 1.29 is 9.84 Å². The van der Waals surface area contributed by atoms with Crippen molar-refractivity contribution in [3.8, 4) is 22.8 Å². The number of methoxy groups -OCH3 is 1. The molecule has 0 aliphatic heterocycles. The predicted octanol–water partition coefficient (Wildman–Crippen LogP) is 3.93. The fraction of sp³-hybridized carbons (Fsp3) is 0.0625. The Morgan fingerprint density at radius 3 is 2.71 bits per heavy atom. The zero-order valence-corrected chi connectivity index (χ0v) is 12.1. The van der Waals surface area contributed by atoms with Gasteiger partial charge in [-0.05, 0) is 42.5 Å². The summed E-state index contributed by atoms with van der Waals surface area (Å²) in [7, 11) is 1.66. The standard InChI is InChI=1S/C16H12N2O2S/c1-20-12-5-2-10(3-6-12)13-9-18-14-7-4-11(19)8-15(14)21-16(18)17-13/h2-9,19H,1H3. The van der Waals surface area contributed by atoms with Gasteiger partial charge in [-0.1, -0.05) is 11.3 Å². The highest BCUT2D eigenvalue weighted by Crippen LogP contribution is 2.31. The van der Waals surface area contributed by atoms with Gasteiger partial charge < -0.3 is 9.84 Å². The third-order valence-electron chi connectivity index (χ3n) is 3.46. The molecule has 2 aromatic heterocycles. The Labute approximate surface area is 124 Å². The Hall–Kier alpha value is -2.53. The molecular formula is C16H12N2O2S. The molecule has 0 spiro atoms. The number of nitrogens with zero attached hydrogens (tertiary/aromatic N) is 2. The van der Waals surface area contributed by atoms with Crippen LogP contribution >= 0.6 is 11.3 Å². The molecule has 2 heterocycles. The monoisotopic (exact) mass is 296 g/mol. The molecule has 21 heavy (non-hydrogen) atoms. The summed E-state index contributed by atoms with van der Waals surface area (Å²) in [5.74, 6) is 1.11. The Bertz CT molecular complexity index is 938. The Morgan fingerprint density at radius 2 is 1.95 bits per heavy atom. The third kappa shape index (κ3) is 1.94. The molecule has 104 valence electrons. The van der Waals surface area contributed by atoms with Crippen molar-refractivity contribution in [3.63, 3.8) is 0 Å². The van der Waals surface area contributed by atoms with Crippen LogP contribution in [0.15, 0.2) is 48.7 Å². The van der Waals surface area contributed by atoms with Crippen molar-refractivity contribution in [3.05, 3.63) is 48.7 Å². The maximum atomic E-state index is 9.54. The van der Waals surface area contributed by atoms with Gasteiger partial charge in [0.2, 0.25) is 0 Å². The van der Waals surface area contributed by atoms with Crippen LogP contribution in [0.5, 0.6) is 11.5 Å². The number of aromatic nitrogens is 2. The summed E-state index contributed by atoms with van der Waals surface area (Å²) in [6, 6.07) is 13.2. The molecule has 0 unspecified atom stereocenters. The molecule has 4 rings (SSSR count). The van der Waals surface area contributed by atoms with Gasteiger partial charge in [-0.25, -0.2) is 4.98 Å². The summed E-state index contributed by atoms with van der Waals surface area (Å²) in [5, 5.41) is 9.54. The zero-order valence-electron chi connectivity index (χ0n) is 11.3. The topological polar surface area (TPSA) is 46.8 Å². The lowest BCUT2D eigenvalue weighted by Gasteiger charge is -2.00. The van der Waals surface area contributed by atoms with Crippen LogP contribution in [0.4, 0.5) is 0 Å². The maximum absolute atomic E-state index is 9.54. The molecule has 0 bridgehead atoms. The van der Waals surface area contributed by atoms with E-state index in [0.717, 1.165) is 32.2 Å². The molecular weight excluding hydrogens is 284 g/mol. The summed E-state index contributed by atoms with van der Waals surface area (Å²) in [6.45, 7) is 0. The average Bonchev–Trinajstić information content (AvgIpc) is 3.04. The second-order valence-electron chi connectivity index (χ2n) is 4.76. The molecule has 5 heteroatoms. The quantitative estimate of drug-likeness (QED) is 0.609. The van der Waals surface area contributed by atoms with E-state index in [1.165, 1.54) is 0 Å². The normalized spacial score (nSPS) is 11.3. The lowest BCUT2D eigenvalue weighted by Crippen LogP contribution is -1.82. The summed E-state index contributed by atoms with van der Waals surface area (Å²) in [6.07, 6.45) is 2.02. The number of hydrogen-bond donors (Lipinski definition) is 1. The number of thiazole rings is 1. The van der Waals surface area contributed by atoms with E-state index in [0.29, 0.717) is 0 Å². The molecule has 0 saturated heterocycles. The van der Waals surface area contributed by atoms with Gasteiger partial charge in [0.25, 0.3) is 0 Å². The van der Waals surface area contributed by atoms with Crippen LogP contribution in [0.2, 0.25) is 0 Å². The number of fused-ring (bicyclic) bond motifs is 3. The van der Waals surface area contributed by atoms with Crippen LogP contribution in [0.25, 0.3) is 26.4 Å². The molecule has 4 nitrogen and oxygen atoms in total. The first-order valence-corrected chi connectivity index (χ1v) is 7.31. The Balaban J connectivity index is 1.86. The van der Waals surface area contributed by atoms with E-state index in [1.807, 2.05) is 36.5 Å². The number of aromatic hydroxyl groups is 1. The van der Waals surface area contributed by atoms with E-state index in [1.54, 1.807) is 30.6 Å². The number of phenolic OH excluding ortho intramolecular Hbond substituents is 1. The molecule has 0 radical (unpaired) electrons. The van der Waals surface area contributed by atoms with E-state index in [4.69, 9.17) is 4.74 Å². The minimum atomic E-state index is 0.280. The van der Waals surface area contributed by atoms with Gasteiger partial charge in [-0.2, -0.15) is 0 Å². The van der Waals surface area contributed by atoms with Gasteiger partial charge in [0.15, 0.2) is 4.96 Å². The van der Waals surface area contributed by atoms with E-state index in [-0.39, 0.29) is 5.75 Å². The van der Waals surface area contributed by atoms with Gasteiger partial charge in [0.05, 0.1) is 23.0 Å². The van der Waals surface area contributed by atoms with E-state index >= 15 is 0 Å². The maximum Gasteiger partial charge on any atom is 0.195 e. The molecule has 4 aromatic rings. The second kappa shape index (κ2) is 4.49. The smallest absolute Gasteiger partial charge is 0.195 e. The summed E-state index contributed by atoms with van der Waals surface area (Å²) < 4.78 is 8.25. The third-order valence-corrected chi connectivity index (χ3v) is 4.48. The molecule has 0 aliphatic carbocycles. The van der Waals surface area contributed by atoms with Crippen molar-refractivity contribution in [2.24, 2.45) is 0 Å². The van der Waals surface area contributed by atoms with E-state index < -0.39 is 0 Å². The van der Waals surface area contributed by atoms with E-state index in [2.05, 4.69) is 9.38 Å². The van der Waals surface area contributed by atoms with Crippen LogP contribution in [-0.2, 0) is 0 Å². The zero-order chi connectivity index (χ0) is 14.4. The molecule has 1 N–H and O–H groups in total. The van der Waals surface area contributed by atoms with Crippen LogP contribution in [0.1, 0.15) is 0 Å². The first-order chi connectivity index (χ1) is 10.2. The molecule has 2 aromatic carbocycles. The summed E-state index contributed by atoms with van der Waals surface area (Å²) >= 11 is 1.57. The Morgan fingerprint density at radius 1 is 1.14 bits per heavy atom.